The third kappa shape index (κ3) is 3.85. The minimum absolute atomic E-state index is 0.115. The molecular formula is C12H12F4N2O4. The number of methoxy groups -OCH3 is 1. The van der Waals surface area contributed by atoms with Crippen molar-refractivity contribution in [1.82, 2.24) is 5.06 Å². The van der Waals surface area contributed by atoms with Gasteiger partial charge in [-0.15, -0.1) is 0 Å². The zero-order valence-corrected chi connectivity index (χ0v) is 11.7. The lowest BCUT2D eigenvalue weighted by Gasteiger charge is -2.18. The SMILES string of the molecule is COc1cc(F)c(NC(=O)C(F)(F)F)c(C(=O)N(C)OC)c1. The summed E-state index contributed by atoms with van der Waals surface area (Å²) in [5, 5.41) is 1.98. The van der Waals surface area contributed by atoms with Gasteiger partial charge >= 0.3 is 12.1 Å². The molecule has 0 aliphatic carbocycles. The Bertz CT molecular complexity index is 589. The van der Waals surface area contributed by atoms with Crippen LogP contribution in [-0.2, 0) is 9.63 Å². The highest BCUT2D eigenvalue weighted by molar-refractivity contribution is 6.05. The van der Waals surface area contributed by atoms with Crippen molar-refractivity contribution in [2.24, 2.45) is 0 Å². The summed E-state index contributed by atoms with van der Waals surface area (Å²) in [6, 6.07) is 1.71. The summed E-state index contributed by atoms with van der Waals surface area (Å²) in [4.78, 5) is 27.6. The van der Waals surface area contributed by atoms with Crippen molar-refractivity contribution in [3.8, 4) is 5.75 Å². The summed E-state index contributed by atoms with van der Waals surface area (Å²) < 4.78 is 55.5. The molecule has 0 heterocycles. The van der Waals surface area contributed by atoms with E-state index >= 15 is 0 Å². The van der Waals surface area contributed by atoms with E-state index in [1.165, 1.54) is 12.4 Å². The summed E-state index contributed by atoms with van der Waals surface area (Å²) in [5.41, 5.74) is -1.48. The van der Waals surface area contributed by atoms with E-state index < -0.39 is 35.1 Å². The number of hydrogen-bond acceptors (Lipinski definition) is 4. The quantitative estimate of drug-likeness (QED) is 0.679. The van der Waals surface area contributed by atoms with Gasteiger partial charge in [-0.3, -0.25) is 14.4 Å². The van der Waals surface area contributed by atoms with Gasteiger partial charge in [0, 0.05) is 13.1 Å². The molecule has 0 spiro atoms. The second kappa shape index (κ2) is 6.60. The first-order chi connectivity index (χ1) is 10.1. The van der Waals surface area contributed by atoms with Crippen LogP contribution in [0.25, 0.3) is 0 Å². The lowest BCUT2D eigenvalue weighted by atomic mass is 10.1. The Kier molecular flexibility index (Phi) is 5.31. The van der Waals surface area contributed by atoms with Crippen LogP contribution in [0.5, 0.6) is 5.75 Å². The molecule has 0 bridgehead atoms. The molecule has 0 aliphatic rings. The van der Waals surface area contributed by atoms with Crippen LogP contribution in [0.4, 0.5) is 23.2 Å². The molecule has 6 nitrogen and oxygen atoms in total. The monoisotopic (exact) mass is 324 g/mol. The molecule has 1 aromatic rings. The van der Waals surface area contributed by atoms with Gasteiger partial charge in [-0.2, -0.15) is 13.2 Å². The zero-order valence-electron chi connectivity index (χ0n) is 11.7. The van der Waals surface area contributed by atoms with Gasteiger partial charge in [-0.1, -0.05) is 0 Å². The van der Waals surface area contributed by atoms with Crippen molar-refractivity contribution in [3.05, 3.63) is 23.5 Å². The van der Waals surface area contributed by atoms with E-state index in [0.717, 1.165) is 26.3 Å². The molecular weight excluding hydrogens is 312 g/mol. The topological polar surface area (TPSA) is 67.9 Å². The predicted molar refractivity (Wildman–Crippen MR) is 66.7 cm³/mol. The molecule has 2 amide bonds. The van der Waals surface area contributed by atoms with Gasteiger partial charge in [0.2, 0.25) is 0 Å². The van der Waals surface area contributed by atoms with E-state index in [4.69, 9.17) is 4.74 Å². The van der Waals surface area contributed by atoms with E-state index in [1.54, 1.807) is 0 Å². The van der Waals surface area contributed by atoms with Crippen molar-refractivity contribution < 1.29 is 36.7 Å². The lowest BCUT2D eigenvalue weighted by Crippen LogP contribution is -2.32. The van der Waals surface area contributed by atoms with E-state index in [0.29, 0.717) is 5.06 Å². The van der Waals surface area contributed by atoms with Crippen molar-refractivity contribution in [2.45, 2.75) is 6.18 Å². The summed E-state index contributed by atoms with van der Waals surface area (Å²) in [7, 11) is 3.47. The molecule has 1 rings (SSSR count). The average Bonchev–Trinajstić information content (AvgIpc) is 2.46. The summed E-state index contributed by atoms with van der Waals surface area (Å²) in [5.74, 6) is -4.76. The van der Waals surface area contributed by atoms with Crippen molar-refractivity contribution >= 4 is 17.5 Å². The molecule has 0 unspecified atom stereocenters. The number of hydroxylamine groups is 2. The Balaban J connectivity index is 3.36. The maximum atomic E-state index is 13.9. The smallest absolute Gasteiger partial charge is 0.471 e. The minimum Gasteiger partial charge on any atom is -0.497 e. The van der Waals surface area contributed by atoms with Crippen LogP contribution in [0.2, 0.25) is 0 Å². The van der Waals surface area contributed by atoms with Crippen molar-refractivity contribution in [3.63, 3.8) is 0 Å². The first-order valence-corrected chi connectivity index (χ1v) is 5.69. The van der Waals surface area contributed by atoms with Gasteiger partial charge < -0.3 is 10.1 Å². The van der Waals surface area contributed by atoms with E-state index in [-0.39, 0.29) is 5.75 Å². The predicted octanol–water partition coefficient (Wildman–Crippen LogP) is 1.97. The molecule has 10 heteroatoms. The van der Waals surface area contributed by atoms with E-state index in [2.05, 4.69) is 4.84 Å². The second-order valence-electron chi connectivity index (χ2n) is 3.97. The zero-order chi connectivity index (χ0) is 17.1. The molecule has 1 aromatic carbocycles. The van der Waals surface area contributed by atoms with Crippen LogP contribution in [0, 0.1) is 5.82 Å². The fraction of sp³-hybridized carbons (Fsp3) is 0.333. The number of carbonyl (C=O) groups excluding carboxylic acids is 2. The third-order valence-electron chi connectivity index (χ3n) is 2.59. The van der Waals surface area contributed by atoms with Gasteiger partial charge in [0.05, 0.1) is 25.5 Å². The highest BCUT2D eigenvalue weighted by Gasteiger charge is 2.40. The fourth-order valence-corrected chi connectivity index (χ4v) is 1.43. The summed E-state index contributed by atoms with van der Waals surface area (Å²) in [6.07, 6.45) is -5.24. The summed E-state index contributed by atoms with van der Waals surface area (Å²) >= 11 is 0. The van der Waals surface area contributed by atoms with Crippen molar-refractivity contribution in [1.29, 1.82) is 0 Å². The Labute approximate surface area is 122 Å². The molecule has 0 aliphatic heterocycles. The van der Waals surface area contributed by atoms with E-state index in [9.17, 15) is 27.2 Å². The van der Waals surface area contributed by atoms with Crippen LogP contribution < -0.4 is 10.1 Å². The van der Waals surface area contributed by atoms with Crippen molar-refractivity contribution in [2.75, 3.05) is 26.6 Å². The Hall–Kier alpha value is -2.36. The molecule has 0 aromatic heterocycles. The molecule has 0 saturated carbocycles. The molecule has 0 fully saturated rings. The van der Waals surface area contributed by atoms with Crippen LogP contribution in [-0.4, -0.2) is 44.3 Å². The minimum atomic E-state index is -5.24. The van der Waals surface area contributed by atoms with Crippen LogP contribution in [0.15, 0.2) is 12.1 Å². The first kappa shape index (κ1) is 17.7. The number of alkyl halides is 3. The number of nitrogens with zero attached hydrogens (tertiary/aromatic N) is 1. The number of amides is 2. The number of halogens is 4. The number of nitrogens with one attached hydrogen (secondary N) is 1. The van der Waals surface area contributed by atoms with Crippen LogP contribution in [0.3, 0.4) is 0 Å². The number of ether oxygens (including phenoxy) is 1. The maximum absolute atomic E-state index is 13.9. The highest BCUT2D eigenvalue weighted by Crippen LogP contribution is 2.29. The Morgan fingerprint density at radius 3 is 2.27 bits per heavy atom. The van der Waals surface area contributed by atoms with Gasteiger partial charge in [-0.25, -0.2) is 9.45 Å². The van der Waals surface area contributed by atoms with E-state index in [1.807, 2.05) is 0 Å². The number of hydrogen-bond donors (Lipinski definition) is 1. The first-order valence-electron chi connectivity index (χ1n) is 5.69. The Morgan fingerprint density at radius 1 is 1.23 bits per heavy atom. The Morgan fingerprint density at radius 2 is 1.82 bits per heavy atom. The number of rotatable bonds is 4. The van der Waals surface area contributed by atoms with Gasteiger partial charge in [0.15, 0.2) is 5.82 Å². The summed E-state index contributed by atoms with van der Waals surface area (Å²) in [6.45, 7) is 0. The molecule has 22 heavy (non-hydrogen) atoms. The fourth-order valence-electron chi connectivity index (χ4n) is 1.43. The maximum Gasteiger partial charge on any atom is 0.471 e. The molecule has 0 atom stereocenters. The number of anilines is 1. The molecule has 122 valence electrons. The highest BCUT2D eigenvalue weighted by atomic mass is 19.4. The van der Waals surface area contributed by atoms with Gasteiger partial charge in [0.1, 0.15) is 5.75 Å². The number of carbonyl (C=O) groups is 2. The lowest BCUT2D eigenvalue weighted by molar-refractivity contribution is -0.167. The van der Waals surface area contributed by atoms with Crippen LogP contribution in [0.1, 0.15) is 10.4 Å². The third-order valence-corrected chi connectivity index (χ3v) is 2.59. The normalized spacial score (nSPS) is 11.0. The second-order valence-corrected chi connectivity index (χ2v) is 3.97. The van der Waals surface area contributed by atoms with Gasteiger partial charge in [-0.05, 0) is 6.07 Å². The molecule has 0 saturated heterocycles. The number of benzene rings is 1. The van der Waals surface area contributed by atoms with Gasteiger partial charge in [0.25, 0.3) is 5.91 Å². The molecule has 0 radical (unpaired) electrons. The largest absolute Gasteiger partial charge is 0.497 e. The van der Waals surface area contributed by atoms with Crippen LogP contribution >= 0.6 is 0 Å². The standard InChI is InChI=1S/C12H12F4N2O4/c1-18(22-3)10(19)7-4-6(21-2)5-8(13)9(7)17-11(20)12(14,15)16/h4-5H,1-3H3,(H,17,20). The average molecular weight is 324 g/mol. The molecule has 1 N–H and O–H groups in total.